The highest BCUT2D eigenvalue weighted by Crippen LogP contribution is 2.33. The van der Waals surface area contributed by atoms with E-state index in [2.05, 4.69) is 4.98 Å². The van der Waals surface area contributed by atoms with E-state index in [1.165, 1.54) is 12.3 Å². The van der Waals surface area contributed by atoms with Crippen LogP contribution in [0, 0.1) is 16.0 Å². The summed E-state index contributed by atoms with van der Waals surface area (Å²) in [7, 11) is -3.22. The molecular formula is C36H41N5O9S2. The Bertz CT molecular complexity index is 1950. The average Bonchev–Trinajstić information content (AvgIpc) is 3.14. The smallest absolute Gasteiger partial charge is 0.421 e. The minimum atomic E-state index is -4.28. The Morgan fingerprint density at radius 3 is 2.06 bits per heavy atom. The number of H-pyrrole nitrogens is 1. The minimum absolute atomic E-state index is 0.00693. The Labute approximate surface area is 305 Å². The maximum Gasteiger partial charge on any atom is 0.421 e. The van der Waals surface area contributed by atoms with Gasteiger partial charge in [-0.25, -0.2) is 18.1 Å². The number of sulfonamides is 1. The van der Waals surface area contributed by atoms with Gasteiger partial charge in [-0.05, 0) is 41.7 Å². The number of amides is 2. The number of ether oxygens (including phenoxy) is 1. The number of aromatic nitrogens is 1. The summed E-state index contributed by atoms with van der Waals surface area (Å²) in [5.74, 6) is -1.69. The zero-order valence-corrected chi connectivity index (χ0v) is 30.5. The van der Waals surface area contributed by atoms with Crippen molar-refractivity contribution in [2.75, 3.05) is 30.9 Å². The summed E-state index contributed by atoms with van der Waals surface area (Å²) in [6.07, 6.45) is 0.566. The van der Waals surface area contributed by atoms with Gasteiger partial charge in [-0.1, -0.05) is 74.5 Å². The summed E-state index contributed by atoms with van der Waals surface area (Å²) in [6.45, 7) is 3.19. The molecule has 52 heavy (non-hydrogen) atoms. The zero-order chi connectivity index (χ0) is 38.0. The number of aromatic amines is 1. The van der Waals surface area contributed by atoms with Crippen molar-refractivity contribution in [3.63, 3.8) is 0 Å². The molecule has 4 N–H and O–H groups in total. The van der Waals surface area contributed by atoms with E-state index in [0.29, 0.717) is 22.4 Å². The number of nitrogens with zero attached hydrogens (tertiary/aromatic N) is 3. The predicted molar refractivity (Wildman–Crippen MR) is 198 cm³/mol. The maximum absolute atomic E-state index is 14.3. The van der Waals surface area contributed by atoms with E-state index in [9.17, 15) is 38.0 Å². The van der Waals surface area contributed by atoms with Crippen LogP contribution in [0.1, 0.15) is 37.3 Å². The second kappa shape index (κ2) is 18.1. The molecule has 4 aromatic rings. The molecule has 0 saturated carbocycles. The van der Waals surface area contributed by atoms with Crippen LogP contribution in [0.2, 0.25) is 0 Å². The Hall–Kier alpha value is -4.87. The van der Waals surface area contributed by atoms with Gasteiger partial charge in [0.15, 0.2) is 0 Å². The lowest BCUT2D eigenvalue weighted by molar-refractivity contribution is -0.384. The number of carbonyl (C=O) groups is 2. The molecule has 3 aromatic carbocycles. The molecule has 276 valence electrons. The number of imide groups is 1. The monoisotopic (exact) mass is 751 g/mol. The van der Waals surface area contributed by atoms with E-state index in [-0.39, 0.29) is 39.4 Å². The molecule has 0 unspecified atom stereocenters. The number of nitro benzene ring substituents is 1. The average molecular weight is 752 g/mol. The van der Waals surface area contributed by atoms with Crippen LogP contribution < -0.4 is 16.2 Å². The lowest BCUT2D eigenvalue weighted by Crippen LogP contribution is -2.51. The number of methoxy groups -OCH3 is 1. The molecule has 0 saturated heterocycles. The Morgan fingerprint density at radius 2 is 1.56 bits per heavy atom. The van der Waals surface area contributed by atoms with E-state index in [1.807, 2.05) is 26.0 Å². The van der Waals surface area contributed by atoms with E-state index in [0.717, 1.165) is 47.4 Å². The quantitative estimate of drug-likeness (QED) is 0.0810. The molecule has 0 fully saturated rings. The van der Waals surface area contributed by atoms with E-state index < -0.39 is 57.1 Å². The Balaban J connectivity index is 1.72. The van der Waals surface area contributed by atoms with Gasteiger partial charge in [0.05, 0.1) is 35.6 Å². The molecule has 0 aliphatic carbocycles. The molecule has 1 heterocycles. The number of aliphatic hydroxyl groups is 1. The van der Waals surface area contributed by atoms with Crippen LogP contribution in [-0.4, -0.2) is 77.8 Å². The number of nitro groups is 1. The van der Waals surface area contributed by atoms with Crippen LogP contribution in [0.3, 0.4) is 0 Å². The van der Waals surface area contributed by atoms with Crippen molar-refractivity contribution < 1.29 is 32.8 Å². The van der Waals surface area contributed by atoms with Gasteiger partial charge in [-0.15, -0.1) is 11.8 Å². The first-order chi connectivity index (χ1) is 24.8. The maximum atomic E-state index is 14.3. The third-order valence-electron chi connectivity index (χ3n) is 8.29. The highest BCUT2D eigenvalue weighted by Gasteiger charge is 2.38. The summed E-state index contributed by atoms with van der Waals surface area (Å²) in [5.41, 5.74) is 6.56. The lowest BCUT2D eigenvalue weighted by atomic mass is 9.85. The molecule has 0 spiro atoms. The van der Waals surface area contributed by atoms with Gasteiger partial charge < -0.3 is 20.6 Å². The van der Waals surface area contributed by atoms with Gasteiger partial charge in [-0.2, -0.15) is 4.31 Å². The van der Waals surface area contributed by atoms with Crippen molar-refractivity contribution in [2.24, 2.45) is 11.7 Å². The van der Waals surface area contributed by atoms with Gasteiger partial charge in [-0.3, -0.25) is 19.7 Å². The number of non-ortho nitro benzene ring substituents is 1. The van der Waals surface area contributed by atoms with E-state index in [1.54, 1.807) is 48.5 Å². The summed E-state index contributed by atoms with van der Waals surface area (Å²) < 4.78 is 33.9. The number of nitrogens with two attached hydrogens (primary N) is 1. The van der Waals surface area contributed by atoms with Gasteiger partial charge in [0.2, 0.25) is 10.0 Å². The summed E-state index contributed by atoms with van der Waals surface area (Å²) in [6, 6.07) is 21.5. The summed E-state index contributed by atoms with van der Waals surface area (Å²) in [4.78, 5) is 54.7. The number of rotatable bonds is 16. The summed E-state index contributed by atoms with van der Waals surface area (Å²) in [5, 5.41) is 21.7. The third kappa shape index (κ3) is 9.32. The van der Waals surface area contributed by atoms with Gasteiger partial charge in [0, 0.05) is 41.4 Å². The second-order valence-corrected chi connectivity index (χ2v) is 15.1. The largest absolute Gasteiger partial charge is 0.452 e. The normalized spacial score (nSPS) is 12.8. The number of pyridine rings is 1. The SMILES string of the molecule is COC(=O)N(C(=O)[C@@H](N)C(c1ccccc1)c1ccccc1)c1c(SC[C@@H](CO)N(CCC(C)C)S(=O)(=O)c2ccc([N+](=O)[O-])cc2)cc[nH]c1=O. The molecule has 2 atom stereocenters. The molecular weight excluding hydrogens is 711 g/mol. The van der Waals surface area contributed by atoms with Crippen LogP contribution in [0.25, 0.3) is 0 Å². The van der Waals surface area contributed by atoms with Crippen molar-refractivity contribution in [1.82, 2.24) is 9.29 Å². The number of hydrogen-bond donors (Lipinski definition) is 3. The van der Waals surface area contributed by atoms with Crippen molar-refractivity contribution in [3.05, 3.63) is 129 Å². The number of aliphatic hydroxyl groups excluding tert-OH is 1. The van der Waals surface area contributed by atoms with Crippen LogP contribution in [0.4, 0.5) is 16.2 Å². The molecule has 2 amide bonds. The number of thioether (sulfide) groups is 1. The molecule has 14 nitrogen and oxygen atoms in total. The first kappa shape index (κ1) is 39.9. The molecule has 0 bridgehead atoms. The molecule has 0 aliphatic rings. The Morgan fingerprint density at radius 1 is 0.981 bits per heavy atom. The van der Waals surface area contributed by atoms with Crippen LogP contribution in [-0.2, 0) is 19.6 Å². The highest BCUT2D eigenvalue weighted by atomic mass is 32.2. The Kier molecular flexibility index (Phi) is 13.9. The standard InChI is InChI=1S/C36H41N5O9S2/c1-24(2)19-21-39(52(48,49)29-16-14-27(15-17-29)41(46)47)28(22-42)23-51-30-18-20-38-34(43)33(30)40(36(45)50-3)35(44)32(37)31(25-10-6-4-7-11-25)26-12-8-5-9-13-26/h4-18,20,24,28,31-32,42H,19,21-23,37H2,1-3H3,(H,38,43)/t28-,32+/m1/s1. The molecule has 0 aliphatic heterocycles. The second-order valence-electron chi connectivity index (χ2n) is 12.2. The fourth-order valence-corrected chi connectivity index (χ4v) is 8.42. The highest BCUT2D eigenvalue weighted by molar-refractivity contribution is 7.99. The van der Waals surface area contributed by atoms with E-state index in [4.69, 9.17) is 10.5 Å². The zero-order valence-electron chi connectivity index (χ0n) is 28.8. The van der Waals surface area contributed by atoms with Crippen molar-refractivity contribution in [1.29, 1.82) is 0 Å². The minimum Gasteiger partial charge on any atom is -0.452 e. The number of nitrogens with one attached hydrogen (secondary N) is 1. The number of hydrogen-bond acceptors (Lipinski definition) is 11. The lowest BCUT2D eigenvalue weighted by Gasteiger charge is -2.31. The van der Waals surface area contributed by atoms with Gasteiger partial charge >= 0.3 is 6.09 Å². The van der Waals surface area contributed by atoms with Crippen molar-refractivity contribution in [3.8, 4) is 0 Å². The molecule has 16 heteroatoms. The molecule has 0 radical (unpaired) electrons. The van der Waals surface area contributed by atoms with Crippen molar-refractivity contribution in [2.45, 2.75) is 48.1 Å². The van der Waals surface area contributed by atoms with Crippen molar-refractivity contribution >= 4 is 45.2 Å². The molecule has 1 aromatic heterocycles. The predicted octanol–water partition coefficient (Wildman–Crippen LogP) is 4.73. The topological polar surface area (TPSA) is 206 Å². The van der Waals surface area contributed by atoms with Gasteiger partial charge in [0.25, 0.3) is 17.2 Å². The van der Waals surface area contributed by atoms with E-state index >= 15 is 0 Å². The van der Waals surface area contributed by atoms with Crippen LogP contribution in [0.5, 0.6) is 0 Å². The first-order valence-electron chi connectivity index (χ1n) is 16.3. The third-order valence-corrected chi connectivity index (χ3v) is 11.4. The molecule has 4 rings (SSSR count). The first-order valence-corrected chi connectivity index (χ1v) is 18.7. The number of carbonyl (C=O) groups excluding carboxylic acids is 2. The number of benzene rings is 3. The fraction of sp³-hybridized carbons (Fsp3) is 0.306. The van der Waals surface area contributed by atoms with Crippen LogP contribution in [0.15, 0.2) is 112 Å². The number of anilines is 1. The van der Waals surface area contributed by atoms with Crippen LogP contribution >= 0.6 is 11.8 Å². The fourth-order valence-electron chi connectivity index (χ4n) is 5.56. The summed E-state index contributed by atoms with van der Waals surface area (Å²) >= 11 is 0.943. The van der Waals surface area contributed by atoms with Gasteiger partial charge in [0.1, 0.15) is 5.69 Å².